The summed E-state index contributed by atoms with van der Waals surface area (Å²) >= 11 is 0. The highest BCUT2D eigenvalue weighted by Crippen LogP contribution is 2.23. The Morgan fingerprint density at radius 2 is 1.92 bits per heavy atom. The normalized spacial score (nSPS) is 21.5. The van der Waals surface area contributed by atoms with Gasteiger partial charge in [-0.25, -0.2) is 0 Å². The number of nitrogens with zero attached hydrogens (tertiary/aromatic N) is 2. The average Bonchev–Trinajstić information content (AvgIpc) is 3.01. The van der Waals surface area contributed by atoms with Gasteiger partial charge in [-0.2, -0.15) is 0 Å². The Bertz CT molecular complexity index is 503. The van der Waals surface area contributed by atoms with Crippen LogP contribution in [0.25, 0.3) is 0 Å². The predicted octanol–water partition coefficient (Wildman–Crippen LogP) is 0.0135. The van der Waals surface area contributed by atoms with Crippen LogP contribution < -0.4 is 5.32 Å². The van der Waals surface area contributed by atoms with E-state index in [2.05, 4.69) is 5.32 Å². The number of hydrogen-bond donors (Lipinski definition) is 1. The van der Waals surface area contributed by atoms with Gasteiger partial charge in [0.25, 0.3) is 0 Å². The lowest BCUT2D eigenvalue weighted by atomic mass is 10.0. The van der Waals surface area contributed by atoms with E-state index in [0.29, 0.717) is 39.3 Å². The van der Waals surface area contributed by atoms with Gasteiger partial charge < -0.3 is 24.6 Å². The lowest BCUT2D eigenvalue weighted by Gasteiger charge is -2.34. The first-order valence-corrected chi connectivity index (χ1v) is 9.36. The molecule has 2 aliphatic rings. The Hall–Kier alpha value is -1.67. The second kappa shape index (κ2) is 9.87. The van der Waals surface area contributed by atoms with Gasteiger partial charge in [0.2, 0.25) is 17.7 Å². The molecule has 2 aliphatic heterocycles. The van der Waals surface area contributed by atoms with E-state index >= 15 is 0 Å². The molecule has 8 heteroatoms. The van der Waals surface area contributed by atoms with Crippen molar-refractivity contribution in [3.05, 3.63) is 0 Å². The predicted molar refractivity (Wildman–Crippen MR) is 95.4 cm³/mol. The van der Waals surface area contributed by atoms with Crippen molar-refractivity contribution < 1.29 is 23.9 Å². The zero-order valence-corrected chi connectivity index (χ0v) is 16.0. The Labute approximate surface area is 155 Å². The van der Waals surface area contributed by atoms with Gasteiger partial charge in [0.1, 0.15) is 6.61 Å². The smallest absolute Gasteiger partial charge is 0.246 e. The van der Waals surface area contributed by atoms with Gasteiger partial charge in [-0.3, -0.25) is 14.4 Å². The number of ether oxygens (including phenoxy) is 2. The molecule has 26 heavy (non-hydrogen) atoms. The van der Waals surface area contributed by atoms with E-state index in [-0.39, 0.29) is 42.3 Å². The van der Waals surface area contributed by atoms with Gasteiger partial charge in [0.15, 0.2) is 0 Å². The van der Waals surface area contributed by atoms with Crippen molar-refractivity contribution in [2.45, 2.75) is 45.2 Å². The zero-order valence-electron chi connectivity index (χ0n) is 16.0. The molecule has 8 nitrogen and oxygen atoms in total. The number of carbonyl (C=O) groups is 3. The molecule has 0 saturated carbocycles. The fourth-order valence-corrected chi connectivity index (χ4v) is 3.47. The third kappa shape index (κ3) is 5.67. The highest BCUT2D eigenvalue weighted by molar-refractivity contribution is 5.89. The third-order valence-corrected chi connectivity index (χ3v) is 4.97. The van der Waals surface area contributed by atoms with Crippen LogP contribution in [0, 0.1) is 5.92 Å². The number of piperidine rings is 1. The molecule has 0 aromatic heterocycles. The van der Waals surface area contributed by atoms with E-state index in [1.165, 1.54) is 0 Å². The zero-order chi connectivity index (χ0) is 19.1. The van der Waals surface area contributed by atoms with E-state index in [1.54, 1.807) is 12.0 Å². The topological polar surface area (TPSA) is 88.2 Å². The van der Waals surface area contributed by atoms with Crippen molar-refractivity contribution in [3.63, 3.8) is 0 Å². The summed E-state index contributed by atoms with van der Waals surface area (Å²) < 4.78 is 10.1. The number of hydrogen-bond acceptors (Lipinski definition) is 5. The summed E-state index contributed by atoms with van der Waals surface area (Å²) in [4.78, 5) is 40.1. The maximum Gasteiger partial charge on any atom is 0.246 e. The summed E-state index contributed by atoms with van der Waals surface area (Å²) in [6.07, 6.45) is 1.76. The molecule has 2 saturated heterocycles. The fourth-order valence-electron chi connectivity index (χ4n) is 3.47. The van der Waals surface area contributed by atoms with Crippen molar-refractivity contribution >= 4 is 17.7 Å². The first kappa shape index (κ1) is 20.6. The molecule has 0 bridgehead atoms. The van der Waals surface area contributed by atoms with Crippen LogP contribution in [0.4, 0.5) is 0 Å². The van der Waals surface area contributed by atoms with Crippen LogP contribution in [0.2, 0.25) is 0 Å². The average molecular weight is 369 g/mol. The number of rotatable bonds is 8. The summed E-state index contributed by atoms with van der Waals surface area (Å²) in [5.41, 5.74) is 0. The van der Waals surface area contributed by atoms with Gasteiger partial charge in [0.05, 0.1) is 19.1 Å². The first-order chi connectivity index (χ1) is 12.4. The summed E-state index contributed by atoms with van der Waals surface area (Å²) in [5, 5.41) is 2.95. The van der Waals surface area contributed by atoms with Crippen LogP contribution in [0.5, 0.6) is 0 Å². The largest absolute Gasteiger partial charge is 0.382 e. The van der Waals surface area contributed by atoms with Gasteiger partial charge in [-0.05, 0) is 26.7 Å². The Balaban J connectivity index is 1.70. The molecule has 0 radical (unpaired) electrons. The number of methoxy groups -OCH3 is 1. The molecule has 2 rings (SSSR count). The fraction of sp³-hybridized carbons (Fsp3) is 0.833. The standard InChI is InChI=1S/C18H31N3O5/c1-13(2)21-11-14(10-17(21)23)18(24)20-6-4-15(5-7-20)19-16(22)12-26-9-8-25-3/h13-15H,4-12H2,1-3H3,(H,19,22). The van der Waals surface area contributed by atoms with Crippen molar-refractivity contribution in [2.75, 3.05) is 46.6 Å². The van der Waals surface area contributed by atoms with E-state index in [1.807, 2.05) is 18.7 Å². The molecule has 1 atom stereocenters. The van der Waals surface area contributed by atoms with Crippen molar-refractivity contribution in [1.82, 2.24) is 15.1 Å². The van der Waals surface area contributed by atoms with Gasteiger partial charge >= 0.3 is 0 Å². The molecule has 2 heterocycles. The van der Waals surface area contributed by atoms with Crippen LogP contribution >= 0.6 is 0 Å². The minimum Gasteiger partial charge on any atom is -0.382 e. The second-order valence-electron chi connectivity index (χ2n) is 7.25. The van der Waals surface area contributed by atoms with Crippen LogP contribution in [0.1, 0.15) is 33.1 Å². The summed E-state index contributed by atoms with van der Waals surface area (Å²) in [7, 11) is 1.58. The molecule has 148 valence electrons. The summed E-state index contributed by atoms with van der Waals surface area (Å²) in [5.74, 6) is -0.242. The van der Waals surface area contributed by atoms with Crippen molar-refractivity contribution in [1.29, 1.82) is 0 Å². The number of carbonyl (C=O) groups excluding carboxylic acids is 3. The van der Waals surface area contributed by atoms with Gasteiger partial charge in [-0.1, -0.05) is 0 Å². The van der Waals surface area contributed by atoms with E-state index in [0.717, 1.165) is 12.8 Å². The Morgan fingerprint density at radius 3 is 2.50 bits per heavy atom. The lowest BCUT2D eigenvalue weighted by molar-refractivity contribution is -0.137. The highest BCUT2D eigenvalue weighted by Gasteiger charge is 2.38. The molecule has 2 fully saturated rings. The first-order valence-electron chi connectivity index (χ1n) is 9.36. The molecule has 3 amide bonds. The maximum atomic E-state index is 12.7. The number of likely N-dealkylation sites (tertiary alicyclic amines) is 2. The molecule has 0 aromatic rings. The molecular weight excluding hydrogens is 338 g/mol. The van der Waals surface area contributed by atoms with E-state index in [4.69, 9.17) is 9.47 Å². The minimum atomic E-state index is -0.231. The highest BCUT2D eigenvalue weighted by atomic mass is 16.5. The molecule has 1 unspecified atom stereocenters. The van der Waals surface area contributed by atoms with Crippen LogP contribution in [-0.4, -0.2) is 86.2 Å². The van der Waals surface area contributed by atoms with E-state index in [9.17, 15) is 14.4 Å². The quantitative estimate of drug-likeness (QED) is 0.609. The number of nitrogens with one attached hydrogen (secondary N) is 1. The van der Waals surface area contributed by atoms with Gasteiger partial charge in [-0.15, -0.1) is 0 Å². The second-order valence-corrected chi connectivity index (χ2v) is 7.25. The molecular formula is C18H31N3O5. The monoisotopic (exact) mass is 369 g/mol. The Kier molecular flexibility index (Phi) is 7.84. The van der Waals surface area contributed by atoms with E-state index < -0.39 is 0 Å². The molecule has 1 N–H and O–H groups in total. The molecule has 0 aromatic carbocycles. The SMILES string of the molecule is COCCOCC(=O)NC1CCN(C(=O)C2CC(=O)N(C(C)C)C2)CC1. The van der Waals surface area contributed by atoms with Crippen LogP contribution in [-0.2, 0) is 23.9 Å². The summed E-state index contributed by atoms with van der Waals surface area (Å²) in [6, 6.07) is 0.197. The van der Waals surface area contributed by atoms with Crippen molar-refractivity contribution in [3.8, 4) is 0 Å². The van der Waals surface area contributed by atoms with Crippen LogP contribution in [0.15, 0.2) is 0 Å². The van der Waals surface area contributed by atoms with Crippen LogP contribution in [0.3, 0.4) is 0 Å². The van der Waals surface area contributed by atoms with Crippen molar-refractivity contribution in [2.24, 2.45) is 5.92 Å². The molecule has 0 aliphatic carbocycles. The minimum absolute atomic E-state index is 0.0255. The van der Waals surface area contributed by atoms with Gasteiger partial charge in [0, 0.05) is 45.2 Å². The molecule has 0 spiro atoms. The summed E-state index contributed by atoms with van der Waals surface area (Å²) in [6.45, 7) is 6.57. The lowest BCUT2D eigenvalue weighted by Crippen LogP contribution is -2.49. The number of amides is 3. The third-order valence-electron chi connectivity index (χ3n) is 4.97. The Morgan fingerprint density at radius 1 is 1.23 bits per heavy atom. The maximum absolute atomic E-state index is 12.7.